The van der Waals surface area contributed by atoms with Gasteiger partial charge in [0, 0.05) is 10.2 Å². The number of anilines is 2. The number of nitrogens with one attached hydrogen (secondary N) is 1. The lowest BCUT2D eigenvalue weighted by molar-refractivity contribution is -0.137. The molecule has 0 spiro atoms. The van der Waals surface area contributed by atoms with Crippen LogP contribution in [-0.4, -0.2) is 15.4 Å². The van der Waals surface area contributed by atoms with Crippen LogP contribution in [0, 0.1) is 6.92 Å². The summed E-state index contributed by atoms with van der Waals surface area (Å²) in [7, 11) is 0. The number of carboxylic acids is 1. The Labute approximate surface area is 129 Å². The maximum atomic E-state index is 12.7. The molecule has 0 radical (unpaired) electrons. The number of nitrogens with zero attached hydrogens (tertiary/aromatic N) is 1. The quantitative estimate of drug-likeness (QED) is 0.811. The molecule has 1 aromatic heterocycles. The minimum atomic E-state index is -4.49. The molecule has 0 aliphatic heterocycles. The molecule has 2 rings (SSSR count). The first kappa shape index (κ1) is 15.8. The van der Waals surface area contributed by atoms with Crippen molar-refractivity contribution in [2.24, 2.45) is 0 Å². The standard InChI is InChI=1S/C12H8BrF3N2O2S/c1-5-9(11(19)20)10(21-18-5)17-8-3-6(12(14,15)16)2-7(13)4-8/h2-4,17H,1H3,(H,19,20). The zero-order valence-corrected chi connectivity index (χ0v) is 12.9. The highest BCUT2D eigenvalue weighted by Gasteiger charge is 2.31. The first-order chi connectivity index (χ1) is 9.68. The van der Waals surface area contributed by atoms with Gasteiger partial charge < -0.3 is 10.4 Å². The van der Waals surface area contributed by atoms with Crippen LogP contribution >= 0.6 is 27.5 Å². The molecule has 21 heavy (non-hydrogen) atoms. The van der Waals surface area contributed by atoms with Crippen molar-refractivity contribution in [2.45, 2.75) is 13.1 Å². The Morgan fingerprint density at radius 3 is 2.62 bits per heavy atom. The summed E-state index contributed by atoms with van der Waals surface area (Å²) in [5.41, 5.74) is -0.449. The Balaban J connectivity index is 2.41. The fourth-order valence-electron chi connectivity index (χ4n) is 1.66. The first-order valence-electron chi connectivity index (χ1n) is 5.53. The van der Waals surface area contributed by atoms with Gasteiger partial charge in [-0.3, -0.25) is 0 Å². The average Bonchev–Trinajstić information content (AvgIpc) is 2.68. The molecule has 2 aromatic rings. The Hall–Kier alpha value is -1.61. The van der Waals surface area contributed by atoms with Gasteiger partial charge in [-0.1, -0.05) is 15.9 Å². The maximum absolute atomic E-state index is 12.7. The summed E-state index contributed by atoms with van der Waals surface area (Å²) >= 11 is 3.88. The summed E-state index contributed by atoms with van der Waals surface area (Å²) in [5, 5.41) is 11.9. The predicted octanol–water partition coefficient (Wildman–Crippen LogP) is 4.67. The van der Waals surface area contributed by atoms with Gasteiger partial charge in [0.1, 0.15) is 10.6 Å². The third-order valence-corrected chi connectivity index (χ3v) is 3.87. The molecule has 0 fully saturated rings. The third kappa shape index (κ3) is 3.53. The van der Waals surface area contributed by atoms with Crippen molar-refractivity contribution in [1.82, 2.24) is 4.37 Å². The molecule has 2 N–H and O–H groups in total. The minimum Gasteiger partial charge on any atom is -0.478 e. The second-order valence-corrected chi connectivity index (χ2v) is 5.82. The zero-order chi connectivity index (χ0) is 15.8. The lowest BCUT2D eigenvalue weighted by Crippen LogP contribution is -2.06. The monoisotopic (exact) mass is 380 g/mol. The van der Waals surface area contributed by atoms with E-state index in [-0.39, 0.29) is 20.7 Å². The van der Waals surface area contributed by atoms with Crippen LogP contribution in [-0.2, 0) is 6.18 Å². The highest BCUT2D eigenvalue weighted by molar-refractivity contribution is 9.10. The number of benzene rings is 1. The lowest BCUT2D eigenvalue weighted by Gasteiger charge is -2.11. The van der Waals surface area contributed by atoms with E-state index in [1.165, 1.54) is 13.0 Å². The van der Waals surface area contributed by atoms with Crippen LogP contribution in [0.3, 0.4) is 0 Å². The van der Waals surface area contributed by atoms with Gasteiger partial charge >= 0.3 is 12.1 Å². The Morgan fingerprint density at radius 1 is 1.38 bits per heavy atom. The number of hydrogen-bond donors (Lipinski definition) is 2. The van der Waals surface area contributed by atoms with Crippen LogP contribution in [0.5, 0.6) is 0 Å². The van der Waals surface area contributed by atoms with Crippen molar-refractivity contribution >= 4 is 44.1 Å². The molecule has 0 atom stereocenters. The van der Waals surface area contributed by atoms with E-state index in [1.54, 1.807) is 0 Å². The second kappa shape index (κ2) is 5.64. The summed E-state index contributed by atoms with van der Waals surface area (Å²) in [4.78, 5) is 11.1. The number of halogens is 4. The first-order valence-corrected chi connectivity index (χ1v) is 7.09. The highest BCUT2D eigenvalue weighted by Crippen LogP contribution is 2.35. The summed E-state index contributed by atoms with van der Waals surface area (Å²) < 4.78 is 42.4. The molecule has 0 amide bonds. The van der Waals surface area contributed by atoms with E-state index in [4.69, 9.17) is 5.11 Å². The van der Waals surface area contributed by atoms with Crippen molar-refractivity contribution in [1.29, 1.82) is 0 Å². The number of carboxylic acid groups (broad SMARTS) is 1. The van der Waals surface area contributed by atoms with Crippen LogP contribution in [0.1, 0.15) is 21.6 Å². The van der Waals surface area contributed by atoms with Crippen molar-refractivity contribution in [2.75, 3.05) is 5.32 Å². The van der Waals surface area contributed by atoms with E-state index in [1.807, 2.05) is 0 Å². The van der Waals surface area contributed by atoms with E-state index >= 15 is 0 Å². The molecule has 4 nitrogen and oxygen atoms in total. The topological polar surface area (TPSA) is 62.2 Å². The van der Waals surface area contributed by atoms with Crippen molar-refractivity contribution in [3.8, 4) is 0 Å². The fourth-order valence-corrected chi connectivity index (χ4v) is 2.97. The third-order valence-electron chi connectivity index (χ3n) is 2.56. The molecule has 0 unspecified atom stereocenters. The number of aryl methyl sites for hydroxylation is 1. The largest absolute Gasteiger partial charge is 0.478 e. The van der Waals surface area contributed by atoms with Gasteiger partial charge in [-0.15, -0.1) is 0 Å². The summed E-state index contributed by atoms with van der Waals surface area (Å²) in [5.74, 6) is -1.19. The molecule has 0 aliphatic carbocycles. The number of hydrogen-bond acceptors (Lipinski definition) is 4. The van der Waals surface area contributed by atoms with Gasteiger partial charge in [0.2, 0.25) is 0 Å². The van der Waals surface area contributed by atoms with Crippen LogP contribution < -0.4 is 5.32 Å². The Bertz CT molecular complexity index is 700. The van der Waals surface area contributed by atoms with Gasteiger partial charge in [0.25, 0.3) is 0 Å². The van der Waals surface area contributed by atoms with Crippen LogP contribution in [0.15, 0.2) is 22.7 Å². The molecule has 0 bridgehead atoms. The SMILES string of the molecule is Cc1nsc(Nc2cc(Br)cc(C(F)(F)F)c2)c1C(=O)O. The number of rotatable bonds is 3. The summed E-state index contributed by atoms with van der Waals surface area (Å²) in [6, 6.07) is 3.28. The van der Waals surface area contributed by atoms with E-state index in [0.29, 0.717) is 5.69 Å². The van der Waals surface area contributed by atoms with Crippen LogP contribution in [0.2, 0.25) is 0 Å². The molecule has 1 heterocycles. The highest BCUT2D eigenvalue weighted by atomic mass is 79.9. The normalized spacial score (nSPS) is 11.5. The number of aromatic nitrogens is 1. The van der Waals surface area contributed by atoms with Crippen molar-refractivity contribution in [3.05, 3.63) is 39.5 Å². The molecular formula is C12H8BrF3N2O2S. The second-order valence-electron chi connectivity index (χ2n) is 4.13. The average molecular weight is 381 g/mol. The molecular weight excluding hydrogens is 373 g/mol. The predicted molar refractivity (Wildman–Crippen MR) is 76.2 cm³/mol. The molecule has 0 saturated heterocycles. The van der Waals surface area contributed by atoms with Gasteiger partial charge in [0.15, 0.2) is 0 Å². The van der Waals surface area contributed by atoms with E-state index in [0.717, 1.165) is 23.7 Å². The number of carbonyl (C=O) groups is 1. The minimum absolute atomic E-state index is 0.0477. The Morgan fingerprint density at radius 2 is 2.05 bits per heavy atom. The van der Waals surface area contributed by atoms with Crippen molar-refractivity contribution < 1.29 is 23.1 Å². The molecule has 9 heteroatoms. The molecule has 0 saturated carbocycles. The molecule has 0 aliphatic rings. The van der Waals surface area contributed by atoms with E-state index < -0.39 is 17.7 Å². The van der Waals surface area contributed by atoms with Gasteiger partial charge in [-0.25, -0.2) is 4.79 Å². The summed E-state index contributed by atoms with van der Waals surface area (Å²) in [6.07, 6.45) is -4.49. The van der Waals surface area contributed by atoms with E-state index in [9.17, 15) is 18.0 Å². The molecule has 112 valence electrons. The fraction of sp³-hybridized carbons (Fsp3) is 0.167. The molecule has 1 aromatic carbocycles. The van der Waals surface area contributed by atoms with Gasteiger partial charge in [-0.05, 0) is 36.7 Å². The smallest absolute Gasteiger partial charge is 0.416 e. The lowest BCUT2D eigenvalue weighted by atomic mass is 10.2. The summed E-state index contributed by atoms with van der Waals surface area (Å²) in [6.45, 7) is 1.52. The van der Waals surface area contributed by atoms with Gasteiger partial charge in [-0.2, -0.15) is 17.5 Å². The zero-order valence-electron chi connectivity index (χ0n) is 10.5. The van der Waals surface area contributed by atoms with Crippen LogP contribution in [0.4, 0.5) is 23.9 Å². The number of alkyl halides is 3. The Kier molecular flexibility index (Phi) is 4.24. The maximum Gasteiger partial charge on any atom is 0.416 e. The van der Waals surface area contributed by atoms with Crippen LogP contribution in [0.25, 0.3) is 0 Å². The van der Waals surface area contributed by atoms with Gasteiger partial charge in [0.05, 0.1) is 11.3 Å². The van der Waals surface area contributed by atoms with Crippen molar-refractivity contribution in [3.63, 3.8) is 0 Å². The number of aromatic carboxylic acids is 1. The van der Waals surface area contributed by atoms with E-state index in [2.05, 4.69) is 25.6 Å².